The second-order valence-electron chi connectivity index (χ2n) is 4.51. The van der Waals surface area contributed by atoms with Gasteiger partial charge < -0.3 is 19.6 Å². The topological polar surface area (TPSA) is 76.0 Å². The van der Waals surface area contributed by atoms with Crippen LogP contribution in [0.4, 0.5) is 0 Å². The van der Waals surface area contributed by atoms with E-state index in [0.29, 0.717) is 19.8 Å². The van der Waals surface area contributed by atoms with Crippen molar-refractivity contribution in [2.75, 3.05) is 0 Å². The zero-order valence-corrected chi connectivity index (χ0v) is 10.5. The van der Waals surface area contributed by atoms with Gasteiger partial charge in [0.1, 0.15) is 5.75 Å². The number of hydrogen-bond acceptors (Lipinski definition) is 4. The molecule has 0 bridgehead atoms. The molecule has 0 aliphatic carbocycles. The third-order valence-corrected chi connectivity index (χ3v) is 3.13. The summed E-state index contributed by atoms with van der Waals surface area (Å²) in [5, 5.41) is 18.6. The molecule has 100 valence electrons. The van der Waals surface area contributed by atoms with Crippen molar-refractivity contribution >= 4 is 18.9 Å². The van der Waals surface area contributed by atoms with Crippen molar-refractivity contribution in [3.8, 4) is 17.2 Å². The lowest BCUT2D eigenvalue weighted by molar-refractivity contribution is 0.0696. The number of rotatable bonds is 3. The molecular weight excluding hydrogens is 259 g/mol. The second-order valence-corrected chi connectivity index (χ2v) is 4.51. The molecule has 1 heterocycles. The van der Waals surface area contributed by atoms with Gasteiger partial charge in [-0.15, -0.1) is 0 Å². The molecule has 6 heteroatoms. The van der Waals surface area contributed by atoms with E-state index >= 15 is 0 Å². The van der Waals surface area contributed by atoms with Crippen molar-refractivity contribution in [2.24, 2.45) is 0 Å². The smallest absolute Gasteiger partial charge is 0.335 e. The molecule has 2 aromatic carbocycles. The Morgan fingerprint density at radius 2 is 2.10 bits per heavy atom. The highest BCUT2D eigenvalue weighted by Crippen LogP contribution is 2.31. The summed E-state index contributed by atoms with van der Waals surface area (Å²) in [4.78, 5) is 10.8. The SMILES string of the molecule is O=C(O)c1ccc(Oc2ccc3c(c2)COB3)c(O)c1. The summed E-state index contributed by atoms with van der Waals surface area (Å²) in [6.45, 7) is 0.552. The normalized spacial score (nSPS) is 12.6. The van der Waals surface area contributed by atoms with Crippen LogP contribution in [0.5, 0.6) is 17.2 Å². The highest BCUT2D eigenvalue weighted by atomic mass is 16.5. The number of ether oxygens (including phenoxy) is 1. The van der Waals surface area contributed by atoms with Gasteiger partial charge in [-0.2, -0.15) is 0 Å². The molecule has 5 nitrogen and oxygen atoms in total. The van der Waals surface area contributed by atoms with Gasteiger partial charge in [0, 0.05) is 0 Å². The van der Waals surface area contributed by atoms with Gasteiger partial charge in [-0.1, -0.05) is 6.07 Å². The molecule has 0 amide bonds. The number of fused-ring (bicyclic) bond motifs is 1. The third kappa shape index (κ3) is 2.33. The number of hydrogen-bond donors (Lipinski definition) is 2. The van der Waals surface area contributed by atoms with Gasteiger partial charge in [0.25, 0.3) is 0 Å². The van der Waals surface area contributed by atoms with Gasteiger partial charge in [0.15, 0.2) is 11.5 Å². The van der Waals surface area contributed by atoms with Crippen LogP contribution in [0.15, 0.2) is 36.4 Å². The predicted molar refractivity (Wildman–Crippen MR) is 73.2 cm³/mol. The van der Waals surface area contributed by atoms with Crippen molar-refractivity contribution in [1.29, 1.82) is 0 Å². The summed E-state index contributed by atoms with van der Waals surface area (Å²) in [5.74, 6) is -0.510. The van der Waals surface area contributed by atoms with Crippen molar-refractivity contribution in [2.45, 2.75) is 6.61 Å². The first-order valence-electron chi connectivity index (χ1n) is 6.07. The molecule has 20 heavy (non-hydrogen) atoms. The molecule has 0 fully saturated rings. The summed E-state index contributed by atoms with van der Waals surface area (Å²) in [7, 11) is 0.605. The minimum atomic E-state index is -1.10. The maximum atomic E-state index is 10.8. The highest BCUT2D eigenvalue weighted by molar-refractivity contribution is 6.48. The van der Waals surface area contributed by atoms with Gasteiger partial charge in [-0.25, -0.2) is 4.79 Å². The Labute approximate surface area is 115 Å². The molecule has 0 saturated carbocycles. The van der Waals surface area contributed by atoms with E-state index in [-0.39, 0.29) is 17.1 Å². The van der Waals surface area contributed by atoms with E-state index in [2.05, 4.69) is 0 Å². The Morgan fingerprint density at radius 3 is 2.85 bits per heavy atom. The molecule has 0 aromatic heterocycles. The quantitative estimate of drug-likeness (QED) is 0.824. The molecule has 2 N–H and O–H groups in total. The zero-order valence-electron chi connectivity index (χ0n) is 10.5. The maximum Gasteiger partial charge on any atom is 0.335 e. The van der Waals surface area contributed by atoms with Crippen LogP contribution in [0.25, 0.3) is 0 Å². The average Bonchev–Trinajstić information content (AvgIpc) is 2.88. The van der Waals surface area contributed by atoms with E-state index in [9.17, 15) is 9.90 Å². The molecule has 0 unspecified atom stereocenters. The Kier molecular flexibility index (Phi) is 3.08. The van der Waals surface area contributed by atoms with E-state index in [4.69, 9.17) is 14.5 Å². The van der Waals surface area contributed by atoms with Gasteiger partial charge in [-0.05, 0) is 41.4 Å². The summed E-state index contributed by atoms with van der Waals surface area (Å²) in [6, 6.07) is 9.54. The van der Waals surface area contributed by atoms with Gasteiger partial charge in [-0.3, -0.25) is 0 Å². The maximum absolute atomic E-state index is 10.8. The van der Waals surface area contributed by atoms with Crippen LogP contribution < -0.4 is 10.2 Å². The third-order valence-electron chi connectivity index (χ3n) is 3.13. The number of carbonyl (C=O) groups is 1. The summed E-state index contributed by atoms with van der Waals surface area (Å²) < 4.78 is 10.9. The minimum Gasteiger partial charge on any atom is -0.504 e. The fourth-order valence-electron chi connectivity index (χ4n) is 2.08. The zero-order chi connectivity index (χ0) is 14.1. The molecule has 0 spiro atoms. The lowest BCUT2D eigenvalue weighted by atomic mass is 9.87. The van der Waals surface area contributed by atoms with Gasteiger partial charge in [0.2, 0.25) is 0 Å². The lowest BCUT2D eigenvalue weighted by Crippen LogP contribution is -2.10. The number of carboxylic acid groups (broad SMARTS) is 1. The van der Waals surface area contributed by atoms with E-state index in [1.54, 1.807) is 6.07 Å². The van der Waals surface area contributed by atoms with Crippen molar-refractivity contribution in [3.63, 3.8) is 0 Å². The molecule has 1 aliphatic heterocycles. The Balaban J connectivity index is 1.86. The first kappa shape index (κ1) is 12.6. The van der Waals surface area contributed by atoms with Crippen LogP contribution in [0, 0.1) is 0 Å². The number of phenols is 1. The standard InChI is InChI=1S/C14H11BO5/c16-12-6-8(14(17)18)1-4-13(12)20-10-2-3-11-9(5-10)7-19-15-11/h1-6,15-16H,7H2,(H,17,18). The fourth-order valence-corrected chi connectivity index (χ4v) is 2.08. The Bertz CT molecular complexity index is 683. The van der Waals surface area contributed by atoms with Crippen LogP contribution in [0.1, 0.15) is 15.9 Å². The first-order chi connectivity index (χ1) is 9.63. The highest BCUT2D eigenvalue weighted by Gasteiger charge is 2.15. The Hall–Kier alpha value is -2.47. The monoisotopic (exact) mass is 270 g/mol. The van der Waals surface area contributed by atoms with Crippen molar-refractivity contribution in [3.05, 3.63) is 47.5 Å². The summed E-state index contributed by atoms with van der Waals surface area (Å²) in [6.07, 6.45) is 0. The van der Waals surface area contributed by atoms with Crippen LogP contribution in [-0.2, 0) is 11.3 Å². The van der Waals surface area contributed by atoms with Crippen molar-refractivity contribution < 1.29 is 24.4 Å². The summed E-state index contributed by atoms with van der Waals surface area (Å²) in [5.41, 5.74) is 2.20. The van der Waals surface area contributed by atoms with Crippen LogP contribution in [0.2, 0.25) is 0 Å². The molecule has 1 aliphatic rings. The predicted octanol–water partition coefficient (Wildman–Crippen LogP) is 1.39. The minimum absolute atomic E-state index is 0.0113. The summed E-state index contributed by atoms with van der Waals surface area (Å²) >= 11 is 0. The number of benzene rings is 2. The first-order valence-corrected chi connectivity index (χ1v) is 6.07. The largest absolute Gasteiger partial charge is 0.504 e. The Morgan fingerprint density at radius 1 is 1.25 bits per heavy atom. The van der Waals surface area contributed by atoms with E-state index in [1.165, 1.54) is 12.1 Å². The van der Waals surface area contributed by atoms with E-state index in [0.717, 1.165) is 17.1 Å². The molecule has 0 atom stereocenters. The molecule has 0 saturated heterocycles. The average molecular weight is 270 g/mol. The van der Waals surface area contributed by atoms with E-state index in [1.807, 2.05) is 12.1 Å². The molecular formula is C14H11BO5. The fraction of sp³-hybridized carbons (Fsp3) is 0.0714. The van der Waals surface area contributed by atoms with Crippen molar-refractivity contribution in [1.82, 2.24) is 0 Å². The second kappa shape index (κ2) is 4.90. The van der Waals surface area contributed by atoms with E-state index < -0.39 is 5.97 Å². The van der Waals surface area contributed by atoms with Gasteiger partial charge >= 0.3 is 13.5 Å². The molecule has 3 rings (SSSR count). The van der Waals surface area contributed by atoms with Crippen LogP contribution in [0.3, 0.4) is 0 Å². The molecule has 0 radical (unpaired) electrons. The van der Waals surface area contributed by atoms with Crippen LogP contribution in [-0.4, -0.2) is 23.7 Å². The number of phenolic OH excluding ortho intramolecular Hbond substituents is 1. The number of aromatic carboxylic acids is 1. The van der Waals surface area contributed by atoms with Gasteiger partial charge in [0.05, 0.1) is 12.2 Å². The number of carboxylic acids is 1. The lowest BCUT2D eigenvalue weighted by Gasteiger charge is -2.09. The molecule has 2 aromatic rings. The number of aromatic hydroxyl groups is 1. The van der Waals surface area contributed by atoms with Crippen LogP contribution >= 0.6 is 0 Å².